The maximum Gasteiger partial charge on any atom is 0.288 e. The largest absolute Gasteiger partial charge is 0.497 e. The van der Waals surface area contributed by atoms with Gasteiger partial charge in [-0.15, -0.1) is 0 Å². The van der Waals surface area contributed by atoms with Gasteiger partial charge in [-0.3, -0.25) is 25.4 Å². The van der Waals surface area contributed by atoms with Crippen LogP contribution in [-0.4, -0.2) is 31.0 Å². The van der Waals surface area contributed by atoms with Gasteiger partial charge in [0.05, 0.1) is 14.2 Å². The quantitative estimate of drug-likeness (QED) is 0.784. The predicted octanol–water partition coefficient (Wildman–Crippen LogP) is 1.49. The maximum atomic E-state index is 11.9. The minimum Gasteiger partial charge on any atom is -0.497 e. The third-order valence-corrected chi connectivity index (χ3v) is 3.26. The molecule has 1 aromatic carbocycles. The Morgan fingerprint density at radius 3 is 2.33 bits per heavy atom. The van der Waals surface area contributed by atoms with Gasteiger partial charge in [-0.1, -0.05) is 6.07 Å². The molecule has 0 aliphatic carbocycles. The summed E-state index contributed by atoms with van der Waals surface area (Å²) in [5, 5.41) is 0. The van der Waals surface area contributed by atoms with E-state index in [1.165, 1.54) is 6.20 Å². The standard InChI is InChI=1S/C17H19N3O4/c1-23-13-9-12(10-14(11-13)24-2)6-7-16(21)19-20-17(22)15-5-3-4-8-18-15/h3-5,8-11H,6-7H2,1-2H3,(H,19,21)(H,20,22). The summed E-state index contributed by atoms with van der Waals surface area (Å²) in [5.41, 5.74) is 5.83. The van der Waals surface area contributed by atoms with Crippen molar-refractivity contribution in [3.63, 3.8) is 0 Å². The van der Waals surface area contributed by atoms with Crippen LogP contribution in [0.25, 0.3) is 0 Å². The SMILES string of the molecule is COc1cc(CCC(=O)NNC(=O)c2ccccn2)cc(OC)c1. The van der Waals surface area contributed by atoms with Crippen molar-refractivity contribution in [3.8, 4) is 11.5 Å². The number of carbonyl (C=O) groups excluding carboxylic acids is 2. The van der Waals surface area contributed by atoms with Crippen LogP contribution in [0.1, 0.15) is 22.5 Å². The first-order valence-corrected chi connectivity index (χ1v) is 7.34. The number of nitrogens with one attached hydrogen (secondary N) is 2. The van der Waals surface area contributed by atoms with E-state index in [1.807, 2.05) is 12.1 Å². The van der Waals surface area contributed by atoms with Gasteiger partial charge in [-0.25, -0.2) is 0 Å². The maximum absolute atomic E-state index is 11.9. The Hall–Kier alpha value is -3.09. The monoisotopic (exact) mass is 329 g/mol. The zero-order valence-electron chi connectivity index (χ0n) is 13.5. The van der Waals surface area contributed by atoms with E-state index in [9.17, 15) is 9.59 Å². The topological polar surface area (TPSA) is 89.6 Å². The Morgan fingerprint density at radius 2 is 1.75 bits per heavy atom. The van der Waals surface area contributed by atoms with E-state index in [4.69, 9.17) is 9.47 Å². The highest BCUT2D eigenvalue weighted by Gasteiger charge is 2.09. The number of hydrogen-bond donors (Lipinski definition) is 2. The van der Waals surface area contributed by atoms with Crippen LogP contribution < -0.4 is 20.3 Å². The molecule has 2 aromatic rings. The molecule has 0 spiro atoms. The van der Waals surface area contributed by atoms with Gasteiger partial charge in [0.2, 0.25) is 5.91 Å². The molecule has 0 saturated heterocycles. The first-order valence-electron chi connectivity index (χ1n) is 7.34. The van der Waals surface area contributed by atoms with E-state index in [2.05, 4.69) is 15.8 Å². The molecule has 0 fully saturated rings. The molecule has 0 aliphatic rings. The number of hydrogen-bond acceptors (Lipinski definition) is 5. The molecule has 0 saturated carbocycles. The molecule has 24 heavy (non-hydrogen) atoms. The number of carbonyl (C=O) groups is 2. The second-order valence-corrected chi connectivity index (χ2v) is 4.94. The highest BCUT2D eigenvalue weighted by atomic mass is 16.5. The summed E-state index contributed by atoms with van der Waals surface area (Å²) in [7, 11) is 3.14. The minimum absolute atomic E-state index is 0.207. The van der Waals surface area contributed by atoms with Crippen molar-refractivity contribution < 1.29 is 19.1 Å². The molecule has 1 heterocycles. The number of pyridine rings is 1. The third kappa shape index (κ3) is 4.98. The summed E-state index contributed by atoms with van der Waals surface area (Å²) in [5.74, 6) is 0.550. The highest BCUT2D eigenvalue weighted by molar-refractivity contribution is 5.93. The van der Waals surface area contributed by atoms with E-state index in [0.717, 1.165) is 5.56 Å². The number of benzene rings is 1. The van der Waals surface area contributed by atoms with Gasteiger partial charge in [0.15, 0.2) is 0 Å². The van der Waals surface area contributed by atoms with E-state index in [-0.39, 0.29) is 18.0 Å². The molecule has 2 N–H and O–H groups in total. The number of nitrogens with zero attached hydrogens (tertiary/aromatic N) is 1. The first kappa shape index (κ1) is 17.3. The fourth-order valence-electron chi connectivity index (χ4n) is 2.02. The second-order valence-electron chi connectivity index (χ2n) is 4.94. The Morgan fingerprint density at radius 1 is 1.04 bits per heavy atom. The molecule has 7 heteroatoms. The van der Waals surface area contributed by atoms with Crippen molar-refractivity contribution in [3.05, 3.63) is 53.9 Å². The lowest BCUT2D eigenvalue weighted by atomic mass is 10.1. The average Bonchev–Trinajstić information content (AvgIpc) is 2.64. The van der Waals surface area contributed by atoms with Crippen LogP contribution in [0.2, 0.25) is 0 Å². The third-order valence-electron chi connectivity index (χ3n) is 3.26. The molecule has 0 unspecified atom stereocenters. The van der Waals surface area contributed by atoms with Gasteiger partial charge >= 0.3 is 0 Å². The van der Waals surface area contributed by atoms with E-state index in [0.29, 0.717) is 17.9 Å². The summed E-state index contributed by atoms with van der Waals surface area (Å²) in [6.07, 6.45) is 2.20. The fourth-order valence-corrected chi connectivity index (χ4v) is 2.02. The summed E-state index contributed by atoms with van der Waals surface area (Å²) in [4.78, 5) is 27.5. The Bertz CT molecular complexity index is 682. The molecule has 0 radical (unpaired) electrons. The van der Waals surface area contributed by atoms with Crippen molar-refractivity contribution in [1.29, 1.82) is 0 Å². The van der Waals surface area contributed by atoms with Crippen LogP contribution in [0.5, 0.6) is 11.5 Å². The van der Waals surface area contributed by atoms with Crippen molar-refractivity contribution in [2.75, 3.05) is 14.2 Å². The molecule has 1 aromatic heterocycles. The zero-order chi connectivity index (χ0) is 17.4. The van der Waals surface area contributed by atoms with Crippen LogP contribution in [0.4, 0.5) is 0 Å². The number of aromatic nitrogens is 1. The summed E-state index contributed by atoms with van der Waals surface area (Å²) in [6.45, 7) is 0. The van der Waals surface area contributed by atoms with Gasteiger partial charge in [-0.2, -0.15) is 0 Å². The van der Waals surface area contributed by atoms with E-state index >= 15 is 0 Å². The molecule has 2 amide bonds. The van der Waals surface area contributed by atoms with Gasteiger partial charge in [0, 0.05) is 18.7 Å². The zero-order valence-corrected chi connectivity index (χ0v) is 13.5. The molecular weight excluding hydrogens is 310 g/mol. The van der Waals surface area contributed by atoms with Crippen molar-refractivity contribution >= 4 is 11.8 Å². The van der Waals surface area contributed by atoms with E-state index in [1.54, 1.807) is 38.5 Å². The molecule has 2 rings (SSSR count). The van der Waals surface area contributed by atoms with Crippen molar-refractivity contribution in [2.45, 2.75) is 12.8 Å². The summed E-state index contributed by atoms with van der Waals surface area (Å²) >= 11 is 0. The Balaban J connectivity index is 1.84. The van der Waals surface area contributed by atoms with Gasteiger partial charge in [0.25, 0.3) is 5.91 Å². The van der Waals surface area contributed by atoms with Gasteiger partial charge < -0.3 is 9.47 Å². The molecule has 7 nitrogen and oxygen atoms in total. The summed E-state index contributed by atoms with van der Waals surface area (Å²) < 4.78 is 10.4. The number of rotatable bonds is 6. The first-order chi connectivity index (χ1) is 11.6. The van der Waals surface area contributed by atoms with Crippen molar-refractivity contribution in [1.82, 2.24) is 15.8 Å². The number of aryl methyl sites for hydroxylation is 1. The van der Waals surface area contributed by atoms with Crippen LogP contribution in [0, 0.1) is 0 Å². The average molecular weight is 329 g/mol. The molecule has 0 bridgehead atoms. The second kappa shape index (κ2) is 8.52. The lowest BCUT2D eigenvalue weighted by molar-refractivity contribution is -0.121. The lowest BCUT2D eigenvalue weighted by Gasteiger charge is -2.09. The highest BCUT2D eigenvalue weighted by Crippen LogP contribution is 2.23. The van der Waals surface area contributed by atoms with Crippen LogP contribution >= 0.6 is 0 Å². The number of methoxy groups -OCH3 is 2. The van der Waals surface area contributed by atoms with Crippen LogP contribution in [-0.2, 0) is 11.2 Å². The van der Waals surface area contributed by atoms with Crippen molar-refractivity contribution in [2.24, 2.45) is 0 Å². The van der Waals surface area contributed by atoms with Gasteiger partial charge in [-0.05, 0) is 36.2 Å². The molecule has 126 valence electrons. The molecule has 0 aliphatic heterocycles. The summed E-state index contributed by atoms with van der Waals surface area (Å²) in [6, 6.07) is 10.4. The van der Waals surface area contributed by atoms with E-state index < -0.39 is 5.91 Å². The van der Waals surface area contributed by atoms with Gasteiger partial charge in [0.1, 0.15) is 17.2 Å². The Kier molecular flexibility index (Phi) is 6.13. The molecular formula is C17H19N3O4. The smallest absolute Gasteiger partial charge is 0.288 e. The van der Waals surface area contributed by atoms with Crippen LogP contribution in [0.15, 0.2) is 42.6 Å². The fraction of sp³-hybridized carbons (Fsp3) is 0.235. The predicted molar refractivity (Wildman–Crippen MR) is 87.7 cm³/mol. The number of ether oxygens (including phenoxy) is 2. The molecule has 0 atom stereocenters. The number of hydrazine groups is 1. The Labute approximate surface area is 140 Å². The lowest BCUT2D eigenvalue weighted by Crippen LogP contribution is -2.42. The minimum atomic E-state index is -0.466. The number of amides is 2. The van der Waals surface area contributed by atoms with Crippen LogP contribution in [0.3, 0.4) is 0 Å². The normalized spacial score (nSPS) is 9.92.